The van der Waals surface area contributed by atoms with Crippen LogP contribution in [0, 0.1) is 11.3 Å². The maximum Gasteiger partial charge on any atom is 0.338 e. The van der Waals surface area contributed by atoms with Crippen LogP contribution in [0.2, 0.25) is 0 Å². The maximum atomic E-state index is 13.1. The van der Waals surface area contributed by atoms with E-state index in [0.29, 0.717) is 12.2 Å². The zero-order valence-electron chi connectivity index (χ0n) is 17.6. The molecule has 1 aliphatic rings. The molecule has 1 aliphatic heterocycles. The van der Waals surface area contributed by atoms with E-state index in [9.17, 15) is 9.59 Å². The molecule has 3 rings (SSSR count). The number of fused-ring (bicyclic) bond motifs is 1. The van der Waals surface area contributed by atoms with Crippen LogP contribution in [-0.4, -0.2) is 30.6 Å². The molecule has 0 atom stereocenters. The second kappa shape index (κ2) is 8.42. The Morgan fingerprint density at radius 3 is 2.47 bits per heavy atom. The molecule has 0 spiro atoms. The summed E-state index contributed by atoms with van der Waals surface area (Å²) in [6.45, 7) is 7.97. The highest BCUT2D eigenvalue weighted by molar-refractivity contribution is 6.02. The van der Waals surface area contributed by atoms with Crippen LogP contribution in [0.3, 0.4) is 0 Å². The molecule has 0 bridgehead atoms. The average molecular weight is 404 g/mol. The van der Waals surface area contributed by atoms with Gasteiger partial charge in [-0.2, -0.15) is 5.26 Å². The zero-order valence-corrected chi connectivity index (χ0v) is 17.6. The van der Waals surface area contributed by atoms with Gasteiger partial charge < -0.3 is 9.47 Å². The van der Waals surface area contributed by atoms with E-state index >= 15 is 0 Å². The van der Waals surface area contributed by atoms with Crippen LogP contribution in [-0.2, 0) is 9.53 Å². The molecule has 0 saturated carbocycles. The van der Waals surface area contributed by atoms with Crippen molar-refractivity contribution in [2.24, 2.45) is 0 Å². The first-order valence-electron chi connectivity index (χ1n) is 9.74. The number of esters is 1. The van der Waals surface area contributed by atoms with Crippen LogP contribution >= 0.6 is 0 Å². The Balaban J connectivity index is 1.80. The van der Waals surface area contributed by atoms with Gasteiger partial charge in [0.15, 0.2) is 6.61 Å². The Hall–Kier alpha value is -3.59. The molecule has 0 saturated heterocycles. The van der Waals surface area contributed by atoms with Crippen LogP contribution in [0.5, 0.6) is 5.75 Å². The van der Waals surface area contributed by atoms with E-state index in [1.807, 2.05) is 58.0 Å². The third-order valence-electron chi connectivity index (χ3n) is 4.92. The number of anilines is 1. The molecular formula is C24H24N2O4. The fourth-order valence-corrected chi connectivity index (χ4v) is 3.68. The lowest BCUT2D eigenvalue weighted by molar-refractivity contribution is -0.122. The summed E-state index contributed by atoms with van der Waals surface area (Å²) in [7, 11) is 0. The lowest BCUT2D eigenvalue weighted by atomic mass is 9.88. The first-order chi connectivity index (χ1) is 14.3. The number of benzene rings is 2. The van der Waals surface area contributed by atoms with Crippen molar-refractivity contribution in [1.82, 2.24) is 0 Å². The minimum absolute atomic E-state index is 0.289. The first kappa shape index (κ1) is 21.1. The topological polar surface area (TPSA) is 79.6 Å². The molecule has 6 heteroatoms. The highest BCUT2D eigenvalue weighted by atomic mass is 16.5. The van der Waals surface area contributed by atoms with Crippen molar-refractivity contribution in [2.45, 2.75) is 33.2 Å². The largest absolute Gasteiger partial charge is 0.494 e. The molecule has 30 heavy (non-hydrogen) atoms. The van der Waals surface area contributed by atoms with Gasteiger partial charge in [-0.15, -0.1) is 0 Å². The van der Waals surface area contributed by atoms with Gasteiger partial charge in [-0.05, 0) is 75.7 Å². The summed E-state index contributed by atoms with van der Waals surface area (Å²) in [5.74, 6) is -0.194. The number of carbonyl (C=O) groups is 2. The number of nitriles is 1. The number of nitrogens with zero attached hydrogens (tertiary/aromatic N) is 2. The van der Waals surface area contributed by atoms with Crippen molar-refractivity contribution < 1.29 is 19.1 Å². The molecule has 1 amide bonds. The smallest absolute Gasteiger partial charge is 0.338 e. The number of allylic oxidation sites excluding steroid dienone is 1. The lowest BCUT2D eigenvalue weighted by Gasteiger charge is -2.41. The Kier molecular flexibility index (Phi) is 5.93. The summed E-state index contributed by atoms with van der Waals surface area (Å²) in [6, 6.07) is 13.7. The van der Waals surface area contributed by atoms with E-state index in [-0.39, 0.29) is 18.1 Å². The highest BCUT2D eigenvalue weighted by Gasteiger charge is 2.36. The number of carbonyl (C=O) groups excluding carboxylic acids is 2. The highest BCUT2D eigenvalue weighted by Crippen LogP contribution is 2.40. The van der Waals surface area contributed by atoms with E-state index in [0.717, 1.165) is 22.6 Å². The molecule has 0 N–H and O–H groups in total. The quantitative estimate of drug-likeness (QED) is 0.693. The van der Waals surface area contributed by atoms with Crippen LogP contribution in [0.25, 0.3) is 5.57 Å². The van der Waals surface area contributed by atoms with Gasteiger partial charge in [-0.25, -0.2) is 4.79 Å². The standard InChI is InChI=1S/C24H24N2O4/c1-5-29-19-10-11-21-20(12-19)16(2)13-24(3,4)26(21)22(27)15-30-23(28)18-8-6-17(14-25)7-9-18/h6-13H,5,15H2,1-4H3. The Morgan fingerprint density at radius 2 is 1.83 bits per heavy atom. The van der Waals surface area contributed by atoms with Gasteiger partial charge in [0.05, 0.1) is 35.0 Å². The third-order valence-corrected chi connectivity index (χ3v) is 4.92. The van der Waals surface area contributed by atoms with Gasteiger partial charge in [0.25, 0.3) is 5.91 Å². The fourth-order valence-electron chi connectivity index (χ4n) is 3.68. The van der Waals surface area contributed by atoms with Gasteiger partial charge in [0, 0.05) is 5.56 Å². The number of rotatable bonds is 5. The van der Waals surface area contributed by atoms with Crippen molar-refractivity contribution in [1.29, 1.82) is 5.26 Å². The van der Waals surface area contributed by atoms with Crippen molar-refractivity contribution in [3.8, 4) is 11.8 Å². The van der Waals surface area contributed by atoms with Crippen molar-refractivity contribution >= 4 is 23.1 Å². The summed E-state index contributed by atoms with van der Waals surface area (Å²) in [6.07, 6.45) is 2.02. The van der Waals surface area contributed by atoms with Gasteiger partial charge in [0.2, 0.25) is 0 Å². The molecule has 0 fully saturated rings. The van der Waals surface area contributed by atoms with E-state index < -0.39 is 11.5 Å². The minimum Gasteiger partial charge on any atom is -0.494 e. The average Bonchev–Trinajstić information content (AvgIpc) is 2.72. The van der Waals surface area contributed by atoms with Crippen molar-refractivity contribution in [3.05, 3.63) is 65.2 Å². The molecule has 1 heterocycles. The van der Waals surface area contributed by atoms with Crippen LogP contribution < -0.4 is 9.64 Å². The monoisotopic (exact) mass is 404 g/mol. The molecule has 2 aromatic rings. The molecular weight excluding hydrogens is 380 g/mol. The van der Waals surface area contributed by atoms with E-state index in [1.165, 1.54) is 24.3 Å². The van der Waals surface area contributed by atoms with Gasteiger partial charge >= 0.3 is 5.97 Å². The number of amides is 1. The molecule has 0 unspecified atom stereocenters. The van der Waals surface area contributed by atoms with E-state index in [4.69, 9.17) is 14.7 Å². The van der Waals surface area contributed by atoms with Crippen LogP contribution in [0.4, 0.5) is 5.69 Å². The first-order valence-corrected chi connectivity index (χ1v) is 9.74. The second-order valence-electron chi connectivity index (χ2n) is 7.59. The zero-order chi connectivity index (χ0) is 21.9. The summed E-state index contributed by atoms with van der Waals surface area (Å²) < 4.78 is 10.8. The molecule has 2 aromatic carbocycles. The van der Waals surface area contributed by atoms with Crippen LogP contribution in [0.1, 0.15) is 49.2 Å². The van der Waals surface area contributed by atoms with Gasteiger partial charge in [-0.1, -0.05) is 6.08 Å². The Labute approximate surface area is 176 Å². The molecule has 0 aliphatic carbocycles. The molecule has 0 aromatic heterocycles. The lowest BCUT2D eigenvalue weighted by Crippen LogP contribution is -2.50. The number of hydrogen-bond donors (Lipinski definition) is 0. The number of ether oxygens (including phenoxy) is 2. The predicted octanol–water partition coefficient (Wildman–Crippen LogP) is 4.34. The van der Waals surface area contributed by atoms with E-state index in [2.05, 4.69) is 0 Å². The van der Waals surface area contributed by atoms with Gasteiger partial charge in [0.1, 0.15) is 5.75 Å². The minimum atomic E-state index is -0.610. The molecule has 6 nitrogen and oxygen atoms in total. The normalized spacial score (nSPS) is 14.2. The van der Waals surface area contributed by atoms with Crippen LogP contribution in [0.15, 0.2) is 48.5 Å². The Morgan fingerprint density at radius 1 is 1.13 bits per heavy atom. The summed E-state index contributed by atoms with van der Waals surface area (Å²) in [5.41, 5.74) is 2.87. The van der Waals surface area contributed by atoms with Gasteiger partial charge in [-0.3, -0.25) is 9.69 Å². The molecule has 154 valence electrons. The predicted molar refractivity (Wildman–Crippen MR) is 114 cm³/mol. The van der Waals surface area contributed by atoms with E-state index in [1.54, 1.807) is 4.90 Å². The molecule has 0 radical (unpaired) electrons. The second-order valence-corrected chi connectivity index (χ2v) is 7.59. The fraction of sp³-hybridized carbons (Fsp3) is 0.292. The SMILES string of the molecule is CCOc1ccc2c(c1)C(C)=CC(C)(C)N2C(=O)COC(=O)c1ccc(C#N)cc1. The summed E-state index contributed by atoms with van der Waals surface area (Å²) in [5, 5.41) is 8.85. The summed E-state index contributed by atoms with van der Waals surface area (Å²) in [4.78, 5) is 27.0. The maximum absolute atomic E-state index is 13.1. The summed E-state index contributed by atoms with van der Waals surface area (Å²) >= 11 is 0. The Bertz CT molecular complexity index is 1050. The number of hydrogen-bond acceptors (Lipinski definition) is 5. The van der Waals surface area contributed by atoms with Crippen molar-refractivity contribution in [3.63, 3.8) is 0 Å². The van der Waals surface area contributed by atoms with Crippen molar-refractivity contribution in [2.75, 3.05) is 18.1 Å². The third kappa shape index (κ3) is 4.20.